The lowest BCUT2D eigenvalue weighted by molar-refractivity contribution is -0.126. The largest absolute Gasteiger partial charge is 0.351 e. The van der Waals surface area contributed by atoms with Gasteiger partial charge in [-0.2, -0.15) is 4.31 Å². The van der Waals surface area contributed by atoms with Gasteiger partial charge in [0.05, 0.1) is 6.04 Å². The molecule has 0 bridgehead atoms. The Labute approximate surface area is 172 Å². The third kappa shape index (κ3) is 6.00. The van der Waals surface area contributed by atoms with E-state index in [-0.39, 0.29) is 11.9 Å². The number of amides is 1. The summed E-state index contributed by atoms with van der Waals surface area (Å²) in [6.07, 6.45) is 1.61. The first kappa shape index (κ1) is 21.2. The van der Waals surface area contributed by atoms with E-state index in [1.165, 1.54) is 9.71 Å². The number of piperazine rings is 1. The maximum absolute atomic E-state index is 12.6. The minimum atomic E-state index is -3.47. The van der Waals surface area contributed by atoms with Crippen LogP contribution < -0.4 is 5.32 Å². The molecule has 0 aliphatic carbocycles. The Morgan fingerprint density at radius 3 is 2.21 bits per heavy atom. The first-order valence-electron chi connectivity index (χ1n) is 9.75. The summed E-state index contributed by atoms with van der Waals surface area (Å²) in [5.41, 5.74) is 1.90. The molecule has 1 amide bonds. The van der Waals surface area contributed by atoms with Gasteiger partial charge in [-0.05, 0) is 24.1 Å². The molecule has 1 unspecified atom stereocenters. The van der Waals surface area contributed by atoms with E-state index in [0.29, 0.717) is 32.7 Å². The molecular formula is C22H27N3O3S. The molecular weight excluding hydrogens is 386 g/mol. The number of benzene rings is 2. The third-order valence-corrected chi connectivity index (χ3v) is 6.67. The molecule has 1 heterocycles. The van der Waals surface area contributed by atoms with Crippen LogP contribution >= 0.6 is 0 Å². The highest BCUT2D eigenvalue weighted by Gasteiger charge is 2.29. The van der Waals surface area contributed by atoms with Crippen molar-refractivity contribution in [1.29, 1.82) is 0 Å². The van der Waals surface area contributed by atoms with Crippen LogP contribution in [-0.4, -0.2) is 55.8 Å². The zero-order valence-corrected chi connectivity index (χ0v) is 17.4. The van der Waals surface area contributed by atoms with E-state index in [2.05, 4.69) is 5.32 Å². The van der Waals surface area contributed by atoms with Crippen LogP contribution in [0.3, 0.4) is 0 Å². The number of carbonyl (C=O) groups excluding carboxylic acids is 1. The predicted octanol–water partition coefficient (Wildman–Crippen LogP) is 2.31. The normalized spacial score (nSPS) is 17.3. The smallest absolute Gasteiger partial charge is 0.237 e. The highest BCUT2D eigenvalue weighted by atomic mass is 32.2. The first-order valence-corrected chi connectivity index (χ1v) is 11.2. The Morgan fingerprint density at radius 2 is 1.59 bits per heavy atom. The lowest BCUT2D eigenvalue weighted by Gasteiger charge is -2.36. The lowest BCUT2D eigenvalue weighted by Crippen LogP contribution is -2.54. The molecule has 1 fully saturated rings. The molecule has 1 saturated heterocycles. The van der Waals surface area contributed by atoms with Gasteiger partial charge in [0, 0.05) is 38.1 Å². The van der Waals surface area contributed by atoms with Crippen molar-refractivity contribution in [3.8, 4) is 0 Å². The van der Waals surface area contributed by atoms with Crippen molar-refractivity contribution < 1.29 is 13.2 Å². The van der Waals surface area contributed by atoms with Crippen LogP contribution in [0.1, 0.15) is 18.1 Å². The molecule has 0 radical (unpaired) electrons. The Balaban J connectivity index is 1.50. The van der Waals surface area contributed by atoms with Crippen molar-refractivity contribution in [2.45, 2.75) is 19.5 Å². The summed E-state index contributed by atoms with van der Waals surface area (Å²) in [5, 5.41) is 4.21. The maximum atomic E-state index is 12.6. The SMILES string of the molecule is CC(C(=O)NCc1ccccc1)N1CCN(S(=O)(=O)C=Cc2ccccc2)CC1. The highest BCUT2D eigenvalue weighted by molar-refractivity contribution is 7.92. The summed E-state index contributed by atoms with van der Waals surface area (Å²) in [4.78, 5) is 14.5. The van der Waals surface area contributed by atoms with Crippen molar-refractivity contribution in [2.75, 3.05) is 26.2 Å². The van der Waals surface area contributed by atoms with Gasteiger partial charge in [0.25, 0.3) is 0 Å². The van der Waals surface area contributed by atoms with Gasteiger partial charge in [0.2, 0.25) is 15.9 Å². The second-order valence-corrected chi connectivity index (χ2v) is 8.89. The summed E-state index contributed by atoms with van der Waals surface area (Å²) >= 11 is 0. The van der Waals surface area contributed by atoms with Gasteiger partial charge in [0.1, 0.15) is 0 Å². The van der Waals surface area contributed by atoms with Crippen LogP contribution in [0.25, 0.3) is 6.08 Å². The number of sulfonamides is 1. The zero-order chi connectivity index (χ0) is 20.7. The van der Waals surface area contributed by atoms with Crippen molar-refractivity contribution in [3.63, 3.8) is 0 Å². The van der Waals surface area contributed by atoms with E-state index in [9.17, 15) is 13.2 Å². The number of rotatable bonds is 7. The molecule has 154 valence electrons. The van der Waals surface area contributed by atoms with Gasteiger partial charge in [-0.25, -0.2) is 8.42 Å². The number of nitrogens with one attached hydrogen (secondary N) is 1. The Hall–Kier alpha value is -2.48. The molecule has 2 aromatic carbocycles. The Morgan fingerprint density at radius 1 is 1.00 bits per heavy atom. The van der Waals surface area contributed by atoms with E-state index >= 15 is 0 Å². The fourth-order valence-corrected chi connectivity index (χ4v) is 4.43. The van der Waals surface area contributed by atoms with Crippen LogP contribution in [-0.2, 0) is 21.4 Å². The van der Waals surface area contributed by atoms with Crippen LogP contribution in [0.15, 0.2) is 66.1 Å². The molecule has 1 N–H and O–H groups in total. The second-order valence-electron chi connectivity index (χ2n) is 7.07. The number of nitrogens with zero attached hydrogens (tertiary/aromatic N) is 2. The maximum Gasteiger partial charge on any atom is 0.237 e. The van der Waals surface area contributed by atoms with Crippen LogP contribution in [0.2, 0.25) is 0 Å². The van der Waals surface area contributed by atoms with Crippen LogP contribution in [0.5, 0.6) is 0 Å². The van der Waals surface area contributed by atoms with Crippen molar-refractivity contribution in [2.24, 2.45) is 0 Å². The summed E-state index contributed by atoms with van der Waals surface area (Å²) in [6.45, 7) is 4.15. The molecule has 6 nitrogen and oxygen atoms in total. The van der Waals surface area contributed by atoms with E-state index in [4.69, 9.17) is 0 Å². The summed E-state index contributed by atoms with van der Waals surface area (Å²) in [7, 11) is -3.47. The topological polar surface area (TPSA) is 69.7 Å². The first-order chi connectivity index (χ1) is 14.0. The lowest BCUT2D eigenvalue weighted by atomic mass is 10.2. The molecule has 7 heteroatoms. The Kier molecular flexibility index (Phi) is 7.19. The minimum absolute atomic E-state index is 0.0471. The summed E-state index contributed by atoms with van der Waals surface area (Å²) in [5.74, 6) is -0.0471. The van der Waals surface area contributed by atoms with Crippen molar-refractivity contribution in [1.82, 2.24) is 14.5 Å². The van der Waals surface area contributed by atoms with E-state index in [1.807, 2.05) is 72.5 Å². The van der Waals surface area contributed by atoms with Gasteiger partial charge < -0.3 is 5.32 Å². The van der Waals surface area contributed by atoms with Crippen LogP contribution in [0.4, 0.5) is 0 Å². The fourth-order valence-electron chi connectivity index (χ4n) is 3.26. The minimum Gasteiger partial charge on any atom is -0.351 e. The second kappa shape index (κ2) is 9.82. The predicted molar refractivity (Wildman–Crippen MR) is 115 cm³/mol. The molecule has 1 atom stereocenters. The number of hydrogen-bond donors (Lipinski definition) is 1. The monoisotopic (exact) mass is 413 g/mol. The van der Waals surface area contributed by atoms with Gasteiger partial charge in [-0.15, -0.1) is 0 Å². The molecule has 3 rings (SSSR count). The molecule has 1 aliphatic heterocycles. The summed E-state index contributed by atoms with van der Waals surface area (Å²) < 4.78 is 26.6. The molecule has 1 aliphatic rings. The zero-order valence-electron chi connectivity index (χ0n) is 16.6. The summed E-state index contributed by atoms with van der Waals surface area (Å²) in [6, 6.07) is 18.8. The highest BCUT2D eigenvalue weighted by Crippen LogP contribution is 2.13. The third-order valence-electron chi connectivity index (χ3n) is 5.10. The van der Waals surface area contributed by atoms with Gasteiger partial charge >= 0.3 is 0 Å². The van der Waals surface area contributed by atoms with E-state index in [1.54, 1.807) is 6.08 Å². The molecule has 29 heavy (non-hydrogen) atoms. The van der Waals surface area contributed by atoms with E-state index in [0.717, 1.165) is 11.1 Å². The molecule has 0 aromatic heterocycles. The van der Waals surface area contributed by atoms with Crippen LogP contribution in [0, 0.1) is 0 Å². The molecule has 2 aromatic rings. The van der Waals surface area contributed by atoms with Gasteiger partial charge in [-0.3, -0.25) is 9.69 Å². The number of hydrogen-bond acceptors (Lipinski definition) is 4. The van der Waals surface area contributed by atoms with E-state index < -0.39 is 10.0 Å². The molecule has 0 spiro atoms. The molecule has 0 saturated carbocycles. The quantitative estimate of drug-likeness (QED) is 0.756. The fraction of sp³-hybridized carbons (Fsp3) is 0.318. The average molecular weight is 414 g/mol. The van der Waals surface area contributed by atoms with Crippen molar-refractivity contribution in [3.05, 3.63) is 77.2 Å². The average Bonchev–Trinajstić information content (AvgIpc) is 2.77. The van der Waals surface area contributed by atoms with Gasteiger partial charge in [0.15, 0.2) is 0 Å². The van der Waals surface area contributed by atoms with Gasteiger partial charge in [-0.1, -0.05) is 60.7 Å². The number of carbonyl (C=O) groups is 1. The standard InChI is InChI=1S/C22H27N3O3S/c1-19(22(26)23-18-21-10-6-3-7-11-21)24-13-15-25(16-14-24)29(27,28)17-12-20-8-4-2-5-9-20/h2-12,17,19H,13-16,18H2,1H3,(H,23,26). The Bertz CT molecular complexity index is 922. The van der Waals surface area contributed by atoms with Crippen molar-refractivity contribution >= 4 is 22.0 Å².